The molecule has 116 valence electrons. The fourth-order valence-corrected chi connectivity index (χ4v) is 4.09. The van der Waals surface area contributed by atoms with Crippen molar-refractivity contribution in [2.24, 2.45) is 29.4 Å². The molecule has 0 aromatic heterocycles. The van der Waals surface area contributed by atoms with Gasteiger partial charge in [-0.15, -0.1) is 0 Å². The van der Waals surface area contributed by atoms with Gasteiger partial charge in [0.05, 0.1) is 0 Å². The Morgan fingerprint density at radius 1 is 1.15 bits per heavy atom. The molecule has 3 nitrogen and oxygen atoms in total. The predicted molar refractivity (Wildman–Crippen MR) is 83.2 cm³/mol. The molecule has 2 saturated carbocycles. The Labute approximate surface area is 124 Å². The summed E-state index contributed by atoms with van der Waals surface area (Å²) in [6, 6.07) is 0.694. The van der Waals surface area contributed by atoms with Gasteiger partial charge in [-0.2, -0.15) is 0 Å². The zero-order chi connectivity index (χ0) is 14.7. The van der Waals surface area contributed by atoms with Crippen molar-refractivity contribution in [3.63, 3.8) is 0 Å². The van der Waals surface area contributed by atoms with Gasteiger partial charge < -0.3 is 11.1 Å². The SMILES string of the molecule is CC(C)C1CCCCC1NC(=O)C1CCC(N)C(C)C1. The topological polar surface area (TPSA) is 55.1 Å². The molecule has 2 aliphatic rings. The normalized spacial score (nSPS) is 38.8. The Balaban J connectivity index is 1.89. The molecule has 2 rings (SSSR count). The van der Waals surface area contributed by atoms with Crippen molar-refractivity contribution in [1.82, 2.24) is 5.32 Å². The van der Waals surface area contributed by atoms with Crippen LogP contribution in [0.15, 0.2) is 0 Å². The van der Waals surface area contributed by atoms with Crippen LogP contribution >= 0.6 is 0 Å². The van der Waals surface area contributed by atoms with Crippen LogP contribution in [0.1, 0.15) is 65.7 Å². The number of rotatable bonds is 3. The van der Waals surface area contributed by atoms with E-state index in [1.165, 1.54) is 19.3 Å². The molecule has 1 amide bonds. The molecular formula is C17H32N2O. The van der Waals surface area contributed by atoms with Gasteiger partial charge in [0.2, 0.25) is 5.91 Å². The summed E-state index contributed by atoms with van der Waals surface area (Å²) >= 11 is 0. The molecule has 5 atom stereocenters. The lowest BCUT2D eigenvalue weighted by atomic mass is 9.76. The molecule has 20 heavy (non-hydrogen) atoms. The van der Waals surface area contributed by atoms with Gasteiger partial charge in [0.15, 0.2) is 0 Å². The summed E-state index contributed by atoms with van der Waals surface area (Å²) in [4.78, 5) is 12.5. The lowest BCUT2D eigenvalue weighted by Crippen LogP contribution is -2.48. The summed E-state index contributed by atoms with van der Waals surface area (Å²) < 4.78 is 0. The monoisotopic (exact) mass is 280 g/mol. The van der Waals surface area contributed by atoms with Crippen molar-refractivity contribution in [3.8, 4) is 0 Å². The Hall–Kier alpha value is -0.570. The van der Waals surface area contributed by atoms with E-state index in [9.17, 15) is 4.79 Å². The minimum absolute atomic E-state index is 0.194. The van der Waals surface area contributed by atoms with Gasteiger partial charge in [0.1, 0.15) is 0 Å². The van der Waals surface area contributed by atoms with Crippen LogP contribution in [0.3, 0.4) is 0 Å². The zero-order valence-electron chi connectivity index (χ0n) is 13.4. The number of nitrogens with two attached hydrogens (primary N) is 1. The number of carbonyl (C=O) groups excluding carboxylic acids is 1. The van der Waals surface area contributed by atoms with E-state index in [1.807, 2.05) is 0 Å². The van der Waals surface area contributed by atoms with Gasteiger partial charge >= 0.3 is 0 Å². The Morgan fingerprint density at radius 3 is 2.50 bits per heavy atom. The Bertz CT molecular complexity index is 329. The van der Waals surface area contributed by atoms with Crippen molar-refractivity contribution in [3.05, 3.63) is 0 Å². The molecule has 0 saturated heterocycles. The maximum atomic E-state index is 12.5. The van der Waals surface area contributed by atoms with Crippen LogP contribution in [-0.2, 0) is 4.79 Å². The van der Waals surface area contributed by atoms with Crippen LogP contribution in [0.5, 0.6) is 0 Å². The Kier molecular flexibility index (Phi) is 5.48. The first-order chi connectivity index (χ1) is 9.49. The van der Waals surface area contributed by atoms with Gasteiger partial charge in [-0.1, -0.05) is 33.6 Å². The van der Waals surface area contributed by atoms with E-state index < -0.39 is 0 Å². The van der Waals surface area contributed by atoms with Crippen LogP contribution in [0.2, 0.25) is 0 Å². The molecule has 2 fully saturated rings. The number of hydrogen-bond acceptors (Lipinski definition) is 2. The van der Waals surface area contributed by atoms with E-state index in [1.54, 1.807) is 0 Å². The molecule has 2 aliphatic carbocycles. The smallest absolute Gasteiger partial charge is 0.223 e. The van der Waals surface area contributed by atoms with Crippen molar-refractivity contribution >= 4 is 5.91 Å². The zero-order valence-corrected chi connectivity index (χ0v) is 13.4. The summed E-state index contributed by atoms with van der Waals surface area (Å²) in [6.07, 6.45) is 7.95. The van der Waals surface area contributed by atoms with Crippen LogP contribution in [0.25, 0.3) is 0 Å². The second-order valence-corrected chi connectivity index (χ2v) is 7.46. The first-order valence-corrected chi connectivity index (χ1v) is 8.55. The minimum atomic E-state index is 0.194. The third-order valence-corrected chi connectivity index (χ3v) is 5.61. The first kappa shape index (κ1) is 15.8. The molecule has 0 heterocycles. The van der Waals surface area contributed by atoms with Gasteiger partial charge in [-0.25, -0.2) is 0 Å². The highest BCUT2D eigenvalue weighted by atomic mass is 16.1. The van der Waals surface area contributed by atoms with Crippen LogP contribution in [0, 0.1) is 23.7 Å². The van der Waals surface area contributed by atoms with Gasteiger partial charge in [0.25, 0.3) is 0 Å². The predicted octanol–water partition coefficient (Wildman–Crippen LogP) is 3.08. The number of hydrogen-bond donors (Lipinski definition) is 2. The molecular weight excluding hydrogens is 248 g/mol. The van der Waals surface area contributed by atoms with E-state index in [4.69, 9.17) is 5.73 Å². The maximum Gasteiger partial charge on any atom is 0.223 e. The lowest BCUT2D eigenvalue weighted by Gasteiger charge is -2.37. The molecule has 0 aromatic rings. The van der Waals surface area contributed by atoms with Gasteiger partial charge in [-0.05, 0) is 49.9 Å². The molecule has 5 unspecified atom stereocenters. The lowest BCUT2D eigenvalue weighted by molar-refractivity contribution is -0.128. The number of carbonyl (C=O) groups is 1. The molecule has 3 heteroatoms. The molecule has 0 spiro atoms. The highest BCUT2D eigenvalue weighted by molar-refractivity contribution is 5.79. The third kappa shape index (κ3) is 3.75. The van der Waals surface area contributed by atoms with E-state index >= 15 is 0 Å². The third-order valence-electron chi connectivity index (χ3n) is 5.61. The molecule has 0 aromatic carbocycles. The van der Waals surface area contributed by atoms with Gasteiger partial charge in [-0.3, -0.25) is 4.79 Å². The van der Waals surface area contributed by atoms with E-state index in [-0.39, 0.29) is 12.0 Å². The molecule has 0 bridgehead atoms. The fourth-order valence-electron chi connectivity index (χ4n) is 4.09. The second-order valence-electron chi connectivity index (χ2n) is 7.46. The molecule has 3 N–H and O–H groups in total. The van der Waals surface area contributed by atoms with E-state index in [0.29, 0.717) is 29.7 Å². The van der Waals surface area contributed by atoms with Crippen molar-refractivity contribution in [2.45, 2.75) is 77.8 Å². The summed E-state index contributed by atoms with van der Waals surface area (Å²) in [5.74, 6) is 2.29. The highest BCUT2D eigenvalue weighted by Gasteiger charge is 2.33. The van der Waals surface area contributed by atoms with Crippen molar-refractivity contribution in [1.29, 1.82) is 0 Å². The largest absolute Gasteiger partial charge is 0.353 e. The molecule has 0 radical (unpaired) electrons. The number of nitrogens with one attached hydrogen (secondary N) is 1. The van der Waals surface area contributed by atoms with E-state index in [0.717, 1.165) is 25.7 Å². The number of amides is 1. The van der Waals surface area contributed by atoms with Crippen LogP contribution in [-0.4, -0.2) is 18.0 Å². The summed E-state index contributed by atoms with van der Waals surface area (Å²) in [5, 5.41) is 3.38. The summed E-state index contributed by atoms with van der Waals surface area (Å²) in [7, 11) is 0. The average molecular weight is 280 g/mol. The maximum absolute atomic E-state index is 12.5. The molecule has 0 aliphatic heterocycles. The van der Waals surface area contributed by atoms with E-state index in [2.05, 4.69) is 26.1 Å². The summed E-state index contributed by atoms with van der Waals surface area (Å²) in [5.41, 5.74) is 6.05. The van der Waals surface area contributed by atoms with Gasteiger partial charge in [0, 0.05) is 18.0 Å². The minimum Gasteiger partial charge on any atom is -0.353 e. The van der Waals surface area contributed by atoms with Crippen LogP contribution in [0.4, 0.5) is 0 Å². The second kappa shape index (κ2) is 6.93. The standard InChI is InChI=1S/C17H32N2O/c1-11(2)14-6-4-5-7-16(14)19-17(20)13-8-9-15(18)12(3)10-13/h11-16H,4-10,18H2,1-3H3,(H,19,20). The fraction of sp³-hybridized carbons (Fsp3) is 0.941. The summed E-state index contributed by atoms with van der Waals surface area (Å²) in [6.45, 7) is 6.76. The van der Waals surface area contributed by atoms with Crippen molar-refractivity contribution in [2.75, 3.05) is 0 Å². The Morgan fingerprint density at radius 2 is 1.85 bits per heavy atom. The van der Waals surface area contributed by atoms with Crippen LogP contribution < -0.4 is 11.1 Å². The first-order valence-electron chi connectivity index (χ1n) is 8.55. The quantitative estimate of drug-likeness (QED) is 0.834. The highest BCUT2D eigenvalue weighted by Crippen LogP contribution is 2.32. The van der Waals surface area contributed by atoms with Crippen molar-refractivity contribution < 1.29 is 4.79 Å². The average Bonchev–Trinajstić information content (AvgIpc) is 2.42.